The summed E-state index contributed by atoms with van der Waals surface area (Å²) in [4.78, 5) is 11.8. The number of benzene rings is 1. The van der Waals surface area contributed by atoms with Crippen molar-refractivity contribution < 1.29 is 9.18 Å². The lowest BCUT2D eigenvalue weighted by Crippen LogP contribution is -2.15. The summed E-state index contributed by atoms with van der Waals surface area (Å²) in [6, 6.07) is 3.84. The molecule has 5 nitrogen and oxygen atoms in total. The standard InChI is InChI=1S/C11H11FN4O/c1-6-5-14-16-10(6)15-11(17)8-4-7(13)2-3-9(8)12/h2-5H,13H2,1H3,(H2,14,15,16,17). The van der Waals surface area contributed by atoms with Crippen LogP contribution in [0.1, 0.15) is 15.9 Å². The van der Waals surface area contributed by atoms with Gasteiger partial charge in [0.1, 0.15) is 11.6 Å². The van der Waals surface area contributed by atoms with E-state index in [1.165, 1.54) is 12.1 Å². The van der Waals surface area contributed by atoms with Gasteiger partial charge >= 0.3 is 0 Å². The van der Waals surface area contributed by atoms with Crippen LogP contribution in [0.4, 0.5) is 15.9 Å². The molecule has 0 radical (unpaired) electrons. The Morgan fingerprint density at radius 3 is 2.94 bits per heavy atom. The molecule has 0 spiro atoms. The van der Waals surface area contributed by atoms with Crippen LogP contribution in [-0.4, -0.2) is 16.1 Å². The van der Waals surface area contributed by atoms with Crippen molar-refractivity contribution in [3.05, 3.63) is 41.3 Å². The minimum absolute atomic E-state index is 0.0981. The number of carbonyl (C=O) groups is 1. The lowest BCUT2D eigenvalue weighted by atomic mass is 10.1. The maximum Gasteiger partial charge on any atom is 0.259 e. The van der Waals surface area contributed by atoms with Crippen molar-refractivity contribution in [1.82, 2.24) is 10.2 Å². The highest BCUT2D eigenvalue weighted by atomic mass is 19.1. The summed E-state index contributed by atoms with van der Waals surface area (Å²) in [5, 5.41) is 8.88. The number of aromatic nitrogens is 2. The Morgan fingerprint density at radius 1 is 1.53 bits per heavy atom. The fraction of sp³-hybridized carbons (Fsp3) is 0.0909. The van der Waals surface area contributed by atoms with E-state index >= 15 is 0 Å². The van der Waals surface area contributed by atoms with Crippen LogP contribution in [0.2, 0.25) is 0 Å². The van der Waals surface area contributed by atoms with Gasteiger partial charge in [0.25, 0.3) is 5.91 Å². The van der Waals surface area contributed by atoms with Crippen molar-refractivity contribution >= 4 is 17.4 Å². The van der Waals surface area contributed by atoms with Gasteiger partial charge in [0.2, 0.25) is 0 Å². The topological polar surface area (TPSA) is 83.8 Å². The van der Waals surface area contributed by atoms with Crippen LogP contribution in [0.5, 0.6) is 0 Å². The van der Waals surface area contributed by atoms with Crippen LogP contribution < -0.4 is 11.1 Å². The van der Waals surface area contributed by atoms with Crippen molar-refractivity contribution in [2.24, 2.45) is 0 Å². The Labute approximate surface area is 96.8 Å². The number of hydrogen-bond acceptors (Lipinski definition) is 3. The average molecular weight is 234 g/mol. The molecule has 4 N–H and O–H groups in total. The summed E-state index contributed by atoms with van der Waals surface area (Å²) < 4.78 is 13.4. The molecule has 0 unspecified atom stereocenters. The van der Waals surface area contributed by atoms with Gasteiger partial charge in [-0.05, 0) is 25.1 Å². The molecule has 0 atom stereocenters. The van der Waals surface area contributed by atoms with Gasteiger partial charge in [-0.1, -0.05) is 0 Å². The van der Waals surface area contributed by atoms with E-state index in [4.69, 9.17) is 5.73 Å². The summed E-state index contributed by atoms with van der Waals surface area (Å²) in [5.41, 5.74) is 6.50. The van der Waals surface area contributed by atoms with Crippen molar-refractivity contribution in [2.75, 3.05) is 11.1 Å². The molecule has 0 fully saturated rings. The zero-order valence-corrected chi connectivity index (χ0v) is 9.12. The quantitative estimate of drug-likeness (QED) is 0.691. The predicted molar refractivity (Wildman–Crippen MR) is 62.1 cm³/mol. The zero-order chi connectivity index (χ0) is 12.4. The van der Waals surface area contributed by atoms with Gasteiger partial charge in [-0.3, -0.25) is 9.89 Å². The van der Waals surface area contributed by atoms with Crippen LogP contribution >= 0.6 is 0 Å². The van der Waals surface area contributed by atoms with Crippen LogP contribution in [0.3, 0.4) is 0 Å². The van der Waals surface area contributed by atoms with Crippen LogP contribution in [-0.2, 0) is 0 Å². The normalized spacial score (nSPS) is 10.2. The fourth-order valence-corrected chi connectivity index (χ4v) is 1.37. The number of hydrogen-bond donors (Lipinski definition) is 3. The SMILES string of the molecule is Cc1cn[nH]c1NC(=O)c1cc(N)ccc1F. The number of nitrogens with one attached hydrogen (secondary N) is 2. The molecule has 0 bridgehead atoms. The summed E-state index contributed by atoms with van der Waals surface area (Å²) in [7, 11) is 0. The molecule has 0 saturated carbocycles. The first-order valence-electron chi connectivity index (χ1n) is 4.94. The Bertz CT molecular complexity index is 564. The lowest BCUT2D eigenvalue weighted by molar-refractivity contribution is 0.102. The molecule has 0 aliphatic heterocycles. The number of amides is 1. The van der Waals surface area contributed by atoms with E-state index in [-0.39, 0.29) is 5.56 Å². The maximum atomic E-state index is 13.4. The number of halogens is 1. The molecule has 2 rings (SSSR count). The largest absolute Gasteiger partial charge is 0.399 e. The summed E-state index contributed by atoms with van der Waals surface area (Å²) >= 11 is 0. The number of nitrogens with zero attached hydrogens (tertiary/aromatic N) is 1. The van der Waals surface area contributed by atoms with Gasteiger partial charge < -0.3 is 11.1 Å². The molecule has 2 aromatic rings. The second kappa shape index (κ2) is 4.25. The number of H-pyrrole nitrogens is 1. The Morgan fingerprint density at radius 2 is 2.29 bits per heavy atom. The molecule has 88 valence electrons. The van der Waals surface area contributed by atoms with Crippen LogP contribution in [0.25, 0.3) is 0 Å². The third-order valence-electron chi connectivity index (χ3n) is 2.30. The molecular formula is C11H11FN4O. The van der Waals surface area contributed by atoms with E-state index in [1.807, 2.05) is 0 Å². The Hall–Kier alpha value is -2.37. The molecule has 1 aromatic carbocycles. The number of nitrogens with two attached hydrogens (primary N) is 1. The lowest BCUT2D eigenvalue weighted by Gasteiger charge is -2.05. The zero-order valence-electron chi connectivity index (χ0n) is 9.12. The van der Waals surface area contributed by atoms with E-state index < -0.39 is 11.7 Å². The Kier molecular flexibility index (Phi) is 2.78. The fourth-order valence-electron chi connectivity index (χ4n) is 1.37. The average Bonchev–Trinajstić information content (AvgIpc) is 2.68. The minimum Gasteiger partial charge on any atom is -0.399 e. The minimum atomic E-state index is -0.617. The van der Waals surface area contributed by atoms with Crippen molar-refractivity contribution in [2.45, 2.75) is 6.92 Å². The third kappa shape index (κ3) is 2.25. The number of nitrogen functional groups attached to an aromatic ring is 1. The Balaban J connectivity index is 2.26. The molecule has 0 aliphatic carbocycles. The predicted octanol–water partition coefficient (Wildman–Crippen LogP) is 1.69. The molecule has 1 aromatic heterocycles. The second-order valence-electron chi connectivity index (χ2n) is 3.62. The van der Waals surface area contributed by atoms with E-state index in [1.54, 1.807) is 13.1 Å². The number of rotatable bonds is 2. The monoisotopic (exact) mass is 234 g/mol. The van der Waals surface area contributed by atoms with E-state index in [0.29, 0.717) is 11.5 Å². The van der Waals surface area contributed by atoms with Gasteiger partial charge in [-0.15, -0.1) is 0 Å². The maximum absolute atomic E-state index is 13.4. The highest BCUT2D eigenvalue weighted by molar-refractivity contribution is 6.04. The molecule has 0 aliphatic rings. The van der Waals surface area contributed by atoms with Crippen molar-refractivity contribution in [1.29, 1.82) is 0 Å². The first-order chi connectivity index (χ1) is 8.08. The van der Waals surface area contributed by atoms with E-state index in [9.17, 15) is 9.18 Å². The van der Waals surface area contributed by atoms with Crippen LogP contribution in [0.15, 0.2) is 24.4 Å². The first-order valence-corrected chi connectivity index (χ1v) is 4.94. The molecule has 0 saturated heterocycles. The summed E-state index contributed by atoms with van der Waals surface area (Å²) in [6.07, 6.45) is 1.56. The summed E-state index contributed by atoms with van der Waals surface area (Å²) in [5.74, 6) is -0.743. The van der Waals surface area contributed by atoms with E-state index in [0.717, 1.165) is 11.6 Å². The molecule has 1 heterocycles. The molecule has 17 heavy (non-hydrogen) atoms. The van der Waals surface area contributed by atoms with Crippen molar-refractivity contribution in [3.8, 4) is 0 Å². The summed E-state index contributed by atoms with van der Waals surface area (Å²) in [6.45, 7) is 1.77. The number of carbonyl (C=O) groups excluding carboxylic acids is 1. The second-order valence-corrected chi connectivity index (χ2v) is 3.62. The van der Waals surface area contributed by atoms with Gasteiger partial charge in [0, 0.05) is 11.3 Å². The number of anilines is 2. The molecule has 6 heteroatoms. The highest BCUT2D eigenvalue weighted by Gasteiger charge is 2.13. The van der Waals surface area contributed by atoms with Gasteiger partial charge in [-0.25, -0.2) is 4.39 Å². The smallest absolute Gasteiger partial charge is 0.259 e. The van der Waals surface area contributed by atoms with Gasteiger partial charge in [-0.2, -0.15) is 5.10 Å². The molecule has 1 amide bonds. The third-order valence-corrected chi connectivity index (χ3v) is 2.30. The first kappa shape index (κ1) is 11.1. The van der Waals surface area contributed by atoms with Crippen LogP contribution in [0, 0.1) is 12.7 Å². The number of aryl methyl sites for hydroxylation is 1. The van der Waals surface area contributed by atoms with Gasteiger partial charge in [0.05, 0.1) is 11.8 Å². The highest BCUT2D eigenvalue weighted by Crippen LogP contribution is 2.15. The van der Waals surface area contributed by atoms with Gasteiger partial charge in [0.15, 0.2) is 0 Å². The van der Waals surface area contributed by atoms with E-state index in [2.05, 4.69) is 15.5 Å². The number of aromatic amines is 1. The van der Waals surface area contributed by atoms with Crippen molar-refractivity contribution in [3.63, 3.8) is 0 Å². The molecular weight excluding hydrogens is 223 g/mol.